The molecule has 1 saturated heterocycles. The van der Waals surface area contributed by atoms with Crippen LogP contribution in [-0.2, 0) is 4.74 Å². The summed E-state index contributed by atoms with van der Waals surface area (Å²) < 4.78 is 49.8. The minimum Gasteiger partial charge on any atom is -0.481 e. The lowest BCUT2D eigenvalue weighted by Gasteiger charge is -2.24. The lowest BCUT2D eigenvalue weighted by molar-refractivity contribution is -0.206. The molecule has 1 aliphatic carbocycles. The second-order valence-corrected chi connectivity index (χ2v) is 7.32. The summed E-state index contributed by atoms with van der Waals surface area (Å²) in [6.07, 6.45) is -4.29. The first-order valence-electron chi connectivity index (χ1n) is 9.40. The molecule has 2 aromatic rings. The van der Waals surface area contributed by atoms with Gasteiger partial charge in [-0.3, -0.25) is 0 Å². The molecule has 10 heteroatoms. The van der Waals surface area contributed by atoms with E-state index in [-0.39, 0.29) is 24.2 Å². The van der Waals surface area contributed by atoms with Crippen molar-refractivity contribution in [1.82, 2.24) is 19.7 Å². The Bertz CT molecular complexity index is 872. The number of alkyl halides is 3. The first-order chi connectivity index (χ1) is 13.8. The van der Waals surface area contributed by atoms with E-state index in [0.717, 1.165) is 11.4 Å². The van der Waals surface area contributed by atoms with Crippen LogP contribution in [0.25, 0.3) is 5.69 Å². The van der Waals surface area contributed by atoms with Gasteiger partial charge in [-0.25, -0.2) is 14.5 Å². The average Bonchev–Trinajstić information content (AvgIpc) is 3.07. The van der Waals surface area contributed by atoms with E-state index in [4.69, 9.17) is 4.74 Å². The zero-order valence-electron chi connectivity index (χ0n) is 16.0. The minimum atomic E-state index is -4.54. The van der Waals surface area contributed by atoms with Crippen LogP contribution in [0.3, 0.4) is 0 Å². The van der Waals surface area contributed by atoms with Crippen LogP contribution in [0.4, 0.5) is 18.0 Å². The zero-order valence-corrected chi connectivity index (χ0v) is 16.0. The van der Waals surface area contributed by atoms with Crippen LogP contribution in [0.2, 0.25) is 0 Å². The largest absolute Gasteiger partial charge is 0.481 e. The van der Waals surface area contributed by atoms with Crippen molar-refractivity contribution in [2.24, 2.45) is 11.8 Å². The van der Waals surface area contributed by atoms with E-state index in [1.54, 1.807) is 24.1 Å². The SMILES string of the molecule is CC[C@@H](OC(=O)N1C[C@@H]2C(c3ccn(-c4ccc(OC)nc4)n3)[C@@H]2C1)C(F)(F)F. The highest BCUT2D eigenvalue weighted by atomic mass is 19.4. The summed E-state index contributed by atoms with van der Waals surface area (Å²) in [4.78, 5) is 17.6. The van der Waals surface area contributed by atoms with Crippen molar-refractivity contribution in [2.75, 3.05) is 20.2 Å². The predicted octanol–water partition coefficient (Wildman–Crippen LogP) is 3.40. The van der Waals surface area contributed by atoms with Crippen molar-refractivity contribution in [3.8, 4) is 11.6 Å². The molecule has 1 unspecified atom stereocenters. The Morgan fingerprint density at radius 1 is 1.28 bits per heavy atom. The molecular formula is C19H21F3N4O3. The van der Waals surface area contributed by atoms with Crippen LogP contribution >= 0.6 is 0 Å². The summed E-state index contributed by atoms with van der Waals surface area (Å²) in [6.45, 7) is 2.12. The molecule has 2 aliphatic rings. The van der Waals surface area contributed by atoms with Crippen LogP contribution in [0, 0.1) is 11.8 Å². The highest BCUT2D eigenvalue weighted by molar-refractivity contribution is 5.69. The van der Waals surface area contributed by atoms with Gasteiger partial charge in [0.05, 0.1) is 24.7 Å². The van der Waals surface area contributed by atoms with Gasteiger partial charge < -0.3 is 14.4 Å². The normalized spacial score (nSPS) is 24.2. The van der Waals surface area contributed by atoms with Gasteiger partial charge in [0.2, 0.25) is 5.88 Å². The number of pyridine rings is 1. The Morgan fingerprint density at radius 2 is 2.00 bits per heavy atom. The van der Waals surface area contributed by atoms with Gasteiger partial charge in [0, 0.05) is 31.3 Å². The summed E-state index contributed by atoms with van der Waals surface area (Å²) in [7, 11) is 1.55. The average molecular weight is 410 g/mol. The van der Waals surface area contributed by atoms with Gasteiger partial charge in [-0.05, 0) is 30.4 Å². The van der Waals surface area contributed by atoms with Crippen molar-refractivity contribution < 1.29 is 27.4 Å². The molecule has 3 heterocycles. The third-order valence-electron chi connectivity index (χ3n) is 5.58. The zero-order chi connectivity index (χ0) is 20.8. The quantitative estimate of drug-likeness (QED) is 0.756. The van der Waals surface area contributed by atoms with Gasteiger partial charge in [0.25, 0.3) is 0 Å². The van der Waals surface area contributed by atoms with Crippen molar-refractivity contribution in [3.63, 3.8) is 0 Å². The van der Waals surface area contributed by atoms with Crippen molar-refractivity contribution in [3.05, 3.63) is 36.3 Å². The number of carbonyl (C=O) groups excluding carboxylic acids is 1. The number of nitrogens with zero attached hydrogens (tertiary/aromatic N) is 4. The lowest BCUT2D eigenvalue weighted by atomic mass is 10.2. The summed E-state index contributed by atoms with van der Waals surface area (Å²) >= 11 is 0. The molecule has 0 spiro atoms. The Morgan fingerprint density at radius 3 is 2.55 bits per heavy atom. The lowest BCUT2D eigenvalue weighted by Crippen LogP contribution is -2.39. The molecule has 7 nitrogen and oxygen atoms in total. The van der Waals surface area contributed by atoms with E-state index in [9.17, 15) is 18.0 Å². The van der Waals surface area contributed by atoms with E-state index in [2.05, 4.69) is 14.8 Å². The second kappa shape index (κ2) is 7.23. The fourth-order valence-electron chi connectivity index (χ4n) is 3.98. The number of likely N-dealkylation sites (tertiary alicyclic amines) is 1. The van der Waals surface area contributed by atoms with Crippen LogP contribution in [0.1, 0.15) is 25.0 Å². The van der Waals surface area contributed by atoms with Crippen LogP contribution in [-0.4, -0.2) is 58.2 Å². The molecule has 156 valence electrons. The van der Waals surface area contributed by atoms with Crippen LogP contribution in [0.15, 0.2) is 30.6 Å². The van der Waals surface area contributed by atoms with Gasteiger partial charge >= 0.3 is 12.3 Å². The first kappa shape index (κ1) is 19.5. The maximum Gasteiger partial charge on any atom is 0.425 e. The summed E-state index contributed by atoms with van der Waals surface area (Å²) in [5.41, 5.74) is 1.70. The number of aromatic nitrogens is 3. The number of halogens is 3. The van der Waals surface area contributed by atoms with E-state index in [1.807, 2.05) is 18.3 Å². The van der Waals surface area contributed by atoms with Crippen molar-refractivity contribution >= 4 is 6.09 Å². The van der Waals surface area contributed by atoms with Gasteiger partial charge in [-0.15, -0.1) is 0 Å². The minimum absolute atomic E-state index is 0.200. The highest BCUT2D eigenvalue weighted by Gasteiger charge is 2.59. The highest BCUT2D eigenvalue weighted by Crippen LogP contribution is 2.57. The number of hydrogen-bond donors (Lipinski definition) is 0. The van der Waals surface area contributed by atoms with E-state index >= 15 is 0 Å². The monoisotopic (exact) mass is 410 g/mol. The fraction of sp³-hybridized carbons (Fsp3) is 0.526. The van der Waals surface area contributed by atoms with Crippen LogP contribution < -0.4 is 4.74 Å². The number of methoxy groups -OCH3 is 1. The second-order valence-electron chi connectivity index (χ2n) is 7.32. The smallest absolute Gasteiger partial charge is 0.425 e. The summed E-state index contributed by atoms with van der Waals surface area (Å²) in [5.74, 6) is 1.12. The number of carbonyl (C=O) groups is 1. The molecule has 1 saturated carbocycles. The van der Waals surface area contributed by atoms with Crippen molar-refractivity contribution in [1.29, 1.82) is 0 Å². The van der Waals surface area contributed by atoms with E-state index in [0.29, 0.717) is 19.0 Å². The Hall–Kier alpha value is -2.78. The number of ether oxygens (including phenoxy) is 2. The number of rotatable bonds is 5. The van der Waals surface area contributed by atoms with Crippen molar-refractivity contribution in [2.45, 2.75) is 31.5 Å². The summed E-state index contributed by atoms with van der Waals surface area (Å²) in [6, 6.07) is 5.52. The van der Waals surface area contributed by atoms with Crippen LogP contribution in [0.5, 0.6) is 5.88 Å². The van der Waals surface area contributed by atoms with Gasteiger partial charge in [-0.2, -0.15) is 18.3 Å². The Kier molecular flexibility index (Phi) is 4.87. The molecule has 0 bridgehead atoms. The number of piperidine rings is 1. The van der Waals surface area contributed by atoms with Gasteiger partial charge in [0.15, 0.2) is 6.10 Å². The Labute approximate surface area is 165 Å². The maximum absolute atomic E-state index is 12.8. The molecule has 0 N–H and O–H groups in total. The van der Waals surface area contributed by atoms with E-state index < -0.39 is 18.4 Å². The summed E-state index contributed by atoms with van der Waals surface area (Å²) in [5, 5.41) is 4.60. The number of fused-ring (bicyclic) bond motifs is 1. The molecule has 1 aliphatic heterocycles. The molecular weight excluding hydrogens is 389 g/mol. The number of amides is 1. The first-order valence-corrected chi connectivity index (χ1v) is 9.40. The fourth-order valence-corrected chi connectivity index (χ4v) is 3.98. The molecule has 1 amide bonds. The molecule has 29 heavy (non-hydrogen) atoms. The maximum atomic E-state index is 12.8. The van der Waals surface area contributed by atoms with Gasteiger partial charge in [-0.1, -0.05) is 6.92 Å². The topological polar surface area (TPSA) is 69.5 Å². The van der Waals surface area contributed by atoms with Gasteiger partial charge in [0.1, 0.15) is 0 Å². The predicted molar refractivity (Wildman–Crippen MR) is 95.8 cm³/mol. The molecule has 4 atom stereocenters. The third kappa shape index (κ3) is 3.75. The number of hydrogen-bond acceptors (Lipinski definition) is 5. The molecule has 2 aromatic heterocycles. The standard InChI is InChI=1S/C19H21F3N4O3/c1-3-15(19(20,21)22)29-18(27)25-9-12-13(10-25)17(12)14-6-7-26(24-14)11-4-5-16(28-2)23-8-11/h4-8,12-13,15,17H,3,9-10H2,1-2H3/t12-,13+,15-,17?/m1/s1. The molecule has 4 rings (SSSR count). The molecule has 2 fully saturated rings. The van der Waals surface area contributed by atoms with E-state index in [1.165, 1.54) is 11.8 Å². The molecule has 0 radical (unpaired) electrons. The molecule has 0 aromatic carbocycles. The Balaban J connectivity index is 1.35. The third-order valence-corrected chi connectivity index (χ3v) is 5.58.